The maximum absolute atomic E-state index is 12.5. The highest BCUT2D eigenvalue weighted by Crippen LogP contribution is 2.23. The molecule has 2 amide bonds. The molecule has 8 nitrogen and oxygen atoms in total. The second-order valence-electron chi connectivity index (χ2n) is 7.35. The molecule has 152 valence electrons. The van der Waals surface area contributed by atoms with E-state index in [9.17, 15) is 9.59 Å². The van der Waals surface area contributed by atoms with Crippen molar-refractivity contribution in [3.63, 3.8) is 0 Å². The number of aryl methyl sites for hydroxylation is 1. The van der Waals surface area contributed by atoms with Crippen LogP contribution >= 0.6 is 0 Å². The Labute approximate surface area is 165 Å². The molecule has 0 unspecified atom stereocenters. The Hall–Kier alpha value is -3.03. The number of amides is 2. The molecular weight excluding hydrogens is 360 g/mol. The van der Waals surface area contributed by atoms with E-state index in [1.54, 1.807) is 34.1 Å². The number of imidazole rings is 1. The van der Waals surface area contributed by atoms with Crippen LogP contribution in [-0.2, 0) is 16.6 Å². The number of hydrogen-bond donors (Lipinski definition) is 2. The number of ether oxygens (including phenoxy) is 2. The van der Waals surface area contributed by atoms with Crippen molar-refractivity contribution in [3.8, 4) is 5.75 Å². The van der Waals surface area contributed by atoms with Gasteiger partial charge in [-0.2, -0.15) is 0 Å². The van der Waals surface area contributed by atoms with E-state index in [0.717, 1.165) is 11.3 Å². The lowest BCUT2D eigenvalue weighted by molar-refractivity contribution is -0.121. The third-order valence-electron chi connectivity index (χ3n) is 3.89. The van der Waals surface area contributed by atoms with Gasteiger partial charge in [-0.05, 0) is 38.5 Å². The van der Waals surface area contributed by atoms with E-state index in [-0.39, 0.29) is 18.9 Å². The standard InChI is InChI=1S/C20H28N4O4/c1-20(2,3)28-19(26)22-11-10-16(25)23-17(18-21-12-13-24(18)4)14-6-8-15(27-5)9-7-14/h6-9,12-13,17H,10-11H2,1-5H3,(H,22,26)(H,23,25)/t17-/m1/s1. The number of alkyl carbamates (subject to hydrolysis) is 1. The highest BCUT2D eigenvalue weighted by atomic mass is 16.6. The van der Waals surface area contributed by atoms with E-state index in [2.05, 4.69) is 15.6 Å². The van der Waals surface area contributed by atoms with Crippen molar-refractivity contribution < 1.29 is 19.1 Å². The molecule has 1 atom stereocenters. The minimum absolute atomic E-state index is 0.121. The first-order valence-corrected chi connectivity index (χ1v) is 9.07. The van der Waals surface area contributed by atoms with Gasteiger partial charge in [0.2, 0.25) is 5.91 Å². The molecule has 0 spiro atoms. The highest BCUT2D eigenvalue weighted by molar-refractivity contribution is 5.78. The van der Waals surface area contributed by atoms with Gasteiger partial charge in [-0.25, -0.2) is 9.78 Å². The molecule has 0 radical (unpaired) electrons. The van der Waals surface area contributed by atoms with Crippen LogP contribution in [0.5, 0.6) is 5.75 Å². The fraction of sp³-hybridized carbons (Fsp3) is 0.450. The number of carbonyl (C=O) groups excluding carboxylic acids is 2. The molecule has 0 aliphatic carbocycles. The average molecular weight is 388 g/mol. The van der Waals surface area contributed by atoms with Crippen molar-refractivity contribution in [3.05, 3.63) is 48.0 Å². The predicted molar refractivity (Wildman–Crippen MR) is 105 cm³/mol. The minimum atomic E-state index is -0.579. The van der Waals surface area contributed by atoms with Crippen molar-refractivity contribution >= 4 is 12.0 Å². The second kappa shape index (κ2) is 9.25. The van der Waals surface area contributed by atoms with Gasteiger partial charge >= 0.3 is 6.09 Å². The van der Waals surface area contributed by atoms with Crippen molar-refractivity contribution in [1.29, 1.82) is 0 Å². The highest BCUT2D eigenvalue weighted by Gasteiger charge is 2.21. The summed E-state index contributed by atoms with van der Waals surface area (Å²) in [6.07, 6.45) is 3.08. The largest absolute Gasteiger partial charge is 0.497 e. The van der Waals surface area contributed by atoms with Crippen LogP contribution in [0.25, 0.3) is 0 Å². The lowest BCUT2D eigenvalue weighted by Crippen LogP contribution is -2.36. The summed E-state index contributed by atoms with van der Waals surface area (Å²) in [5.41, 5.74) is 0.299. The van der Waals surface area contributed by atoms with E-state index in [0.29, 0.717) is 5.82 Å². The van der Waals surface area contributed by atoms with Gasteiger partial charge in [0.1, 0.15) is 23.2 Å². The summed E-state index contributed by atoms with van der Waals surface area (Å²) in [4.78, 5) is 28.5. The van der Waals surface area contributed by atoms with Gasteiger partial charge < -0.3 is 24.7 Å². The minimum Gasteiger partial charge on any atom is -0.497 e. The van der Waals surface area contributed by atoms with Crippen LogP contribution in [0.15, 0.2) is 36.7 Å². The van der Waals surface area contributed by atoms with Gasteiger partial charge in [-0.1, -0.05) is 12.1 Å². The molecule has 0 saturated heterocycles. The van der Waals surface area contributed by atoms with Crippen LogP contribution in [0.3, 0.4) is 0 Å². The molecule has 1 aromatic heterocycles. The number of methoxy groups -OCH3 is 1. The smallest absolute Gasteiger partial charge is 0.407 e. The van der Waals surface area contributed by atoms with Crippen molar-refractivity contribution in [1.82, 2.24) is 20.2 Å². The lowest BCUT2D eigenvalue weighted by atomic mass is 10.1. The molecule has 2 rings (SSSR count). The summed E-state index contributed by atoms with van der Waals surface area (Å²) in [6, 6.07) is 7.03. The van der Waals surface area contributed by atoms with Crippen LogP contribution < -0.4 is 15.4 Å². The lowest BCUT2D eigenvalue weighted by Gasteiger charge is -2.21. The molecule has 1 heterocycles. The number of hydrogen-bond acceptors (Lipinski definition) is 5. The quantitative estimate of drug-likeness (QED) is 0.760. The Morgan fingerprint density at radius 2 is 1.89 bits per heavy atom. The zero-order chi connectivity index (χ0) is 20.7. The van der Waals surface area contributed by atoms with Gasteiger partial charge in [0.05, 0.1) is 7.11 Å². The molecule has 28 heavy (non-hydrogen) atoms. The third-order valence-corrected chi connectivity index (χ3v) is 3.89. The normalized spacial score (nSPS) is 12.2. The molecule has 2 aromatic rings. The molecule has 8 heteroatoms. The van der Waals surface area contributed by atoms with E-state index >= 15 is 0 Å². The fourth-order valence-corrected chi connectivity index (χ4v) is 2.57. The fourth-order valence-electron chi connectivity index (χ4n) is 2.57. The summed E-state index contributed by atoms with van der Waals surface area (Å²) in [5.74, 6) is 1.23. The molecule has 1 aromatic carbocycles. The number of nitrogens with one attached hydrogen (secondary N) is 2. The zero-order valence-corrected chi connectivity index (χ0v) is 17.0. The van der Waals surface area contributed by atoms with Gasteiger partial charge in [-0.3, -0.25) is 4.79 Å². The predicted octanol–water partition coefficient (Wildman–Crippen LogP) is 2.55. The summed E-state index contributed by atoms with van der Waals surface area (Å²) >= 11 is 0. The Balaban J connectivity index is 2.01. The summed E-state index contributed by atoms with van der Waals surface area (Å²) < 4.78 is 12.2. The van der Waals surface area contributed by atoms with Crippen molar-refractivity contribution in [2.45, 2.75) is 38.8 Å². The number of nitrogens with zero attached hydrogens (tertiary/aromatic N) is 2. The van der Waals surface area contributed by atoms with Gasteiger partial charge in [-0.15, -0.1) is 0 Å². The van der Waals surface area contributed by atoms with E-state index < -0.39 is 17.7 Å². The van der Waals surface area contributed by atoms with Crippen molar-refractivity contribution in [2.24, 2.45) is 7.05 Å². The van der Waals surface area contributed by atoms with E-state index in [4.69, 9.17) is 9.47 Å². The summed E-state index contributed by atoms with van der Waals surface area (Å²) in [7, 11) is 3.47. The molecule has 0 saturated carbocycles. The molecule has 0 bridgehead atoms. The van der Waals surface area contributed by atoms with Crippen LogP contribution in [-0.4, -0.2) is 40.8 Å². The third kappa shape index (κ3) is 6.29. The van der Waals surface area contributed by atoms with E-state index in [1.807, 2.05) is 42.1 Å². The maximum atomic E-state index is 12.5. The second-order valence-corrected chi connectivity index (χ2v) is 7.35. The monoisotopic (exact) mass is 388 g/mol. The van der Waals surface area contributed by atoms with Crippen LogP contribution in [0.1, 0.15) is 44.6 Å². The first-order valence-electron chi connectivity index (χ1n) is 9.07. The Kier molecular flexibility index (Phi) is 7.03. The first kappa shape index (κ1) is 21.3. The van der Waals surface area contributed by atoms with Gasteiger partial charge in [0.15, 0.2) is 0 Å². The van der Waals surface area contributed by atoms with Crippen LogP contribution in [0.4, 0.5) is 4.79 Å². The van der Waals surface area contributed by atoms with Gasteiger partial charge in [0.25, 0.3) is 0 Å². The Bertz CT molecular complexity index is 793. The van der Waals surface area contributed by atoms with Crippen LogP contribution in [0, 0.1) is 0 Å². The van der Waals surface area contributed by atoms with Crippen molar-refractivity contribution in [2.75, 3.05) is 13.7 Å². The Morgan fingerprint density at radius 1 is 1.21 bits per heavy atom. The Morgan fingerprint density at radius 3 is 2.43 bits per heavy atom. The topological polar surface area (TPSA) is 94.5 Å². The molecular formula is C20H28N4O4. The molecule has 2 N–H and O–H groups in total. The molecule has 0 aliphatic rings. The molecule has 0 fully saturated rings. The first-order chi connectivity index (χ1) is 13.2. The number of rotatable bonds is 7. The van der Waals surface area contributed by atoms with Crippen LogP contribution in [0.2, 0.25) is 0 Å². The van der Waals surface area contributed by atoms with E-state index in [1.165, 1.54) is 0 Å². The maximum Gasteiger partial charge on any atom is 0.407 e. The van der Waals surface area contributed by atoms with Gasteiger partial charge in [0, 0.05) is 32.4 Å². The summed E-state index contributed by atoms with van der Waals surface area (Å²) in [6.45, 7) is 5.53. The number of benzene rings is 1. The zero-order valence-electron chi connectivity index (χ0n) is 17.0. The average Bonchev–Trinajstić information content (AvgIpc) is 3.04. The SMILES string of the molecule is COc1ccc([C@@H](NC(=O)CCNC(=O)OC(C)(C)C)c2nccn2C)cc1. The number of aromatic nitrogens is 2. The summed E-state index contributed by atoms with van der Waals surface area (Å²) in [5, 5.41) is 5.57. The number of carbonyl (C=O) groups is 2. The molecule has 0 aliphatic heterocycles.